The number of ether oxygens (including phenoxy) is 1. The zero-order valence-electron chi connectivity index (χ0n) is 20.6. The molecule has 1 N–H and O–H groups in total. The van der Waals surface area contributed by atoms with Gasteiger partial charge < -0.3 is 13.6 Å². The van der Waals surface area contributed by atoms with Crippen molar-refractivity contribution < 1.29 is 13.6 Å². The van der Waals surface area contributed by atoms with Crippen molar-refractivity contribution in [1.29, 1.82) is 0 Å². The Morgan fingerprint density at radius 3 is 2.16 bits per heavy atom. The molecule has 1 aliphatic heterocycles. The molecular formula is C21H39IN2O5Si2. The van der Waals surface area contributed by atoms with E-state index in [1.165, 1.54) is 4.57 Å². The van der Waals surface area contributed by atoms with Crippen molar-refractivity contribution in [3.63, 3.8) is 0 Å². The predicted octanol–water partition coefficient (Wildman–Crippen LogP) is 4.84. The van der Waals surface area contributed by atoms with Crippen LogP contribution in [0.1, 0.15) is 54.2 Å². The minimum Gasteiger partial charge on any atom is -0.414 e. The summed E-state index contributed by atoms with van der Waals surface area (Å²) < 4.78 is 21.5. The highest BCUT2D eigenvalue weighted by Gasteiger charge is 2.46. The average molecular weight is 583 g/mol. The minimum absolute atomic E-state index is 0.0557. The van der Waals surface area contributed by atoms with Gasteiger partial charge in [-0.25, -0.2) is 4.79 Å². The monoisotopic (exact) mass is 582 g/mol. The van der Waals surface area contributed by atoms with Crippen LogP contribution in [0.25, 0.3) is 0 Å². The lowest BCUT2D eigenvalue weighted by Gasteiger charge is -2.40. The molecule has 0 amide bonds. The summed E-state index contributed by atoms with van der Waals surface area (Å²) in [6.45, 7) is 22.6. The number of nitrogens with zero attached hydrogens (tertiary/aromatic N) is 1. The lowest BCUT2D eigenvalue weighted by molar-refractivity contribution is -0.0413. The van der Waals surface area contributed by atoms with Gasteiger partial charge in [0, 0.05) is 12.6 Å². The Morgan fingerprint density at radius 2 is 1.65 bits per heavy atom. The molecule has 3 atom stereocenters. The van der Waals surface area contributed by atoms with Crippen molar-refractivity contribution in [1.82, 2.24) is 9.55 Å². The zero-order chi connectivity index (χ0) is 24.0. The van der Waals surface area contributed by atoms with Gasteiger partial charge in [-0.1, -0.05) is 41.5 Å². The number of hydrogen-bond donors (Lipinski definition) is 1. The summed E-state index contributed by atoms with van der Waals surface area (Å²) in [5.41, 5.74) is -0.848. The van der Waals surface area contributed by atoms with E-state index in [0.29, 0.717) is 16.6 Å². The Bertz CT molecular complexity index is 899. The SMILES string of the molecule is CC(C)(C)[Si](C)(C)OC[C@H]1O[C@@H](n2cc(I)c(=O)[nH]c2=O)CC1O[Si](C)(C)C(C)(C)C. The lowest BCUT2D eigenvalue weighted by atomic mass is 10.2. The van der Waals surface area contributed by atoms with E-state index in [1.54, 1.807) is 6.20 Å². The van der Waals surface area contributed by atoms with E-state index < -0.39 is 28.6 Å². The summed E-state index contributed by atoms with van der Waals surface area (Å²) in [4.78, 5) is 26.6. The quantitative estimate of drug-likeness (QED) is 0.384. The first-order chi connectivity index (χ1) is 13.9. The zero-order valence-corrected chi connectivity index (χ0v) is 24.7. The van der Waals surface area contributed by atoms with Gasteiger partial charge >= 0.3 is 5.69 Å². The summed E-state index contributed by atoms with van der Waals surface area (Å²) in [6.07, 6.45) is 1.16. The van der Waals surface area contributed by atoms with Gasteiger partial charge in [0.1, 0.15) is 12.3 Å². The number of aromatic amines is 1. The van der Waals surface area contributed by atoms with E-state index in [0.717, 1.165) is 0 Å². The molecule has 0 saturated carbocycles. The molecule has 7 nitrogen and oxygen atoms in total. The number of hydrogen-bond acceptors (Lipinski definition) is 5. The molecule has 0 aromatic carbocycles. The van der Waals surface area contributed by atoms with Crippen molar-refractivity contribution in [3.05, 3.63) is 30.6 Å². The molecule has 2 heterocycles. The molecule has 0 aliphatic carbocycles. The van der Waals surface area contributed by atoms with E-state index >= 15 is 0 Å². The van der Waals surface area contributed by atoms with Crippen LogP contribution in [0, 0.1) is 3.57 Å². The Kier molecular flexibility index (Phi) is 7.98. The van der Waals surface area contributed by atoms with Gasteiger partial charge in [0.25, 0.3) is 5.56 Å². The summed E-state index contributed by atoms with van der Waals surface area (Å²) in [5, 5.41) is 0.146. The number of rotatable bonds is 6. The fourth-order valence-corrected chi connectivity index (χ4v) is 5.69. The normalized spacial score (nSPS) is 23.4. The van der Waals surface area contributed by atoms with Gasteiger partial charge in [0.05, 0.1) is 16.3 Å². The molecular weight excluding hydrogens is 543 g/mol. The van der Waals surface area contributed by atoms with Crippen molar-refractivity contribution >= 4 is 39.2 Å². The highest BCUT2D eigenvalue weighted by molar-refractivity contribution is 14.1. The molecule has 1 saturated heterocycles. The highest BCUT2D eigenvalue weighted by atomic mass is 127. The van der Waals surface area contributed by atoms with E-state index in [1.807, 2.05) is 22.6 Å². The fraction of sp³-hybridized carbons (Fsp3) is 0.810. The van der Waals surface area contributed by atoms with Crippen LogP contribution >= 0.6 is 22.6 Å². The van der Waals surface area contributed by atoms with Crippen LogP contribution < -0.4 is 11.2 Å². The summed E-state index contributed by atoms with van der Waals surface area (Å²) >= 11 is 1.93. The molecule has 178 valence electrons. The first-order valence-electron chi connectivity index (χ1n) is 10.8. The maximum atomic E-state index is 12.5. The summed E-state index contributed by atoms with van der Waals surface area (Å²) in [7, 11) is -4.03. The van der Waals surface area contributed by atoms with Crippen LogP contribution in [0.4, 0.5) is 0 Å². The minimum atomic E-state index is -2.06. The molecule has 0 bridgehead atoms. The van der Waals surface area contributed by atoms with Crippen LogP contribution in [0.5, 0.6) is 0 Å². The van der Waals surface area contributed by atoms with E-state index in [2.05, 4.69) is 72.7 Å². The second-order valence-corrected chi connectivity index (χ2v) is 22.2. The fourth-order valence-electron chi connectivity index (χ4n) is 2.88. The predicted molar refractivity (Wildman–Crippen MR) is 138 cm³/mol. The Balaban J connectivity index is 2.32. The van der Waals surface area contributed by atoms with Crippen molar-refractivity contribution in [3.8, 4) is 0 Å². The molecule has 1 aromatic heterocycles. The number of halogens is 1. The van der Waals surface area contributed by atoms with E-state index in [-0.39, 0.29) is 27.8 Å². The van der Waals surface area contributed by atoms with Crippen molar-refractivity contribution in [2.24, 2.45) is 0 Å². The van der Waals surface area contributed by atoms with Crippen LogP contribution in [0.3, 0.4) is 0 Å². The Morgan fingerprint density at radius 1 is 1.10 bits per heavy atom. The smallest absolute Gasteiger partial charge is 0.330 e. The summed E-state index contributed by atoms with van der Waals surface area (Å²) in [5.74, 6) is 0. The molecule has 10 heteroatoms. The van der Waals surface area contributed by atoms with Crippen molar-refractivity contribution in [2.45, 2.75) is 103 Å². The van der Waals surface area contributed by atoms with Gasteiger partial charge in [0.2, 0.25) is 0 Å². The van der Waals surface area contributed by atoms with Crippen molar-refractivity contribution in [2.75, 3.05) is 6.61 Å². The van der Waals surface area contributed by atoms with Gasteiger partial charge in [-0.3, -0.25) is 14.3 Å². The largest absolute Gasteiger partial charge is 0.414 e. The maximum Gasteiger partial charge on any atom is 0.330 e. The molecule has 1 fully saturated rings. The first kappa shape index (κ1) is 27.0. The van der Waals surface area contributed by atoms with Crippen LogP contribution in [-0.4, -0.2) is 45.0 Å². The number of aromatic nitrogens is 2. The number of H-pyrrole nitrogens is 1. The molecule has 1 aliphatic rings. The van der Waals surface area contributed by atoms with Crippen LogP contribution in [0.2, 0.25) is 36.3 Å². The summed E-state index contributed by atoms with van der Waals surface area (Å²) in [6, 6.07) is 0. The molecule has 1 aromatic rings. The van der Waals surface area contributed by atoms with Gasteiger partial charge in [-0.15, -0.1) is 0 Å². The molecule has 0 spiro atoms. The standard InChI is InChI=1S/C21H39IN2O5Si2/c1-20(2,3)30(7,8)27-13-16-15(29-31(9,10)21(4,5)6)11-17(28-16)24-12-14(22)18(25)23-19(24)26/h12,15-17H,11,13H2,1-10H3,(H,23,25,26)/t15?,16-,17-/m1/s1. The average Bonchev–Trinajstić information content (AvgIpc) is 2.96. The molecule has 1 unspecified atom stereocenters. The Labute approximate surface area is 201 Å². The third-order valence-corrected chi connectivity index (χ3v) is 16.9. The topological polar surface area (TPSA) is 82.5 Å². The van der Waals surface area contributed by atoms with Crippen LogP contribution in [-0.2, 0) is 13.6 Å². The molecule has 0 radical (unpaired) electrons. The van der Waals surface area contributed by atoms with Gasteiger partial charge in [-0.2, -0.15) is 0 Å². The first-order valence-corrected chi connectivity index (χ1v) is 17.7. The molecule has 2 rings (SSSR count). The number of nitrogens with one attached hydrogen (secondary N) is 1. The third kappa shape index (κ3) is 6.20. The maximum absolute atomic E-state index is 12.5. The van der Waals surface area contributed by atoms with Gasteiger partial charge in [-0.05, 0) is 58.9 Å². The highest BCUT2D eigenvalue weighted by Crippen LogP contribution is 2.42. The second kappa shape index (κ2) is 9.17. The van der Waals surface area contributed by atoms with Gasteiger partial charge in [0.15, 0.2) is 16.6 Å². The van der Waals surface area contributed by atoms with E-state index in [9.17, 15) is 9.59 Å². The second-order valence-electron chi connectivity index (χ2n) is 11.5. The van der Waals surface area contributed by atoms with E-state index in [4.69, 9.17) is 13.6 Å². The third-order valence-electron chi connectivity index (χ3n) is 7.08. The Hall–Kier alpha value is -0.276. The molecule has 31 heavy (non-hydrogen) atoms. The lowest BCUT2D eigenvalue weighted by Crippen LogP contribution is -2.48. The van der Waals surface area contributed by atoms with Crippen LogP contribution in [0.15, 0.2) is 15.8 Å².